The molecule has 21 heavy (non-hydrogen) atoms. The van der Waals surface area contributed by atoms with Crippen molar-refractivity contribution < 1.29 is 0 Å². The third kappa shape index (κ3) is 4.38. The quantitative estimate of drug-likeness (QED) is 0.849. The smallest absolute Gasteiger partial charge is 0.0416 e. The molecule has 0 radical (unpaired) electrons. The van der Waals surface area contributed by atoms with Gasteiger partial charge in [0.1, 0.15) is 0 Å². The van der Waals surface area contributed by atoms with Gasteiger partial charge in [-0.25, -0.2) is 0 Å². The molecule has 0 bridgehead atoms. The first kappa shape index (κ1) is 15.7. The first-order valence-electron chi connectivity index (χ1n) is 7.57. The highest BCUT2D eigenvalue weighted by Gasteiger charge is 2.21. The van der Waals surface area contributed by atoms with Crippen LogP contribution in [0.5, 0.6) is 0 Å². The van der Waals surface area contributed by atoms with Gasteiger partial charge in [-0.1, -0.05) is 43.3 Å². The summed E-state index contributed by atoms with van der Waals surface area (Å²) in [7, 11) is 2.15. The summed E-state index contributed by atoms with van der Waals surface area (Å²) in [5, 5.41) is 0. The molecule has 0 saturated heterocycles. The third-order valence-corrected chi connectivity index (χ3v) is 4.16. The molecule has 2 aromatic rings. The maximum atomic E-state index is 6.02. The summed E-state index contributed by atoms with van der Waals surface area (Å²) in [5.41, 5.74) is 8.50. The normalized spacial score (nSPS) is 14.1. The molecule has 1 aromatic carbocycles. The van der Waals surface area contributed by atoms with Crippen LogP contribution in [-0.4, -0.2) is 36.1 Å². The van der Waals surface area contributed by atoms with Gasteiger partial charge in [-0.05, 0) is 30.7 Å². The Labute approximate surface area is 127 Å². The Morgan fingerprint density at radius 2 is 1.81 bits per heavy atom. The Bertz CT molecular complexity index is 513. The lowest BCUT2D eigenvalue weighted by atomic mass is 9.92. The molecule has 2 N–H and O–H groups in total. The monoisotopic (exact) mass is 283 g/mol. The standard InChI is InChI=1S/C18H25N3/c1-15(16-8-4-3-5-9-16)18(14-19)21(2)13-11-17-10-6-7-12-20-17/h3-10,12,15,18H,11,13-14,19H2,1-2H3. The summed E-state index contributed by atoms with van der Waals surface area (Å²) in [4.78, 5) is 6.73. The summed E-state index contributed by atoms with van der Waals surface area (Å²) < 4.78 is 0. The number of hydrogen-bond acceptors (Lipinski definition) is 3. The summed E-state index contributed by atoms with van der Waals surface area (Å²) in [6.07, 6.45) is 2.80. The van der Waals surface area contributed by atoms with E-state index in [9.17, 15) is 0 Å². The number of aromatic nitrogens is 1. The van der Waals surface area contributed by atoms with Gasteiger partial charge in [0, 0.05) is 37.4 Å². The number of pyridine rings is 1. The average molecular weight is 283 g/mol. The minimum atomic E-state index is 0.344. The van der Waals surface area contributed by atoms with E-state index in [1.165, 1.54) is 5.56 Å². The van der Waals surface area contributed by atoms with Crippen LogP contribution in [0, 0.1) is 0 Å². The lowest BCUT2D eigenvalue weighted by Crippen LogP contribution is -2.42. The maximum absolute atomic E-state index is 6.02. The summed E-state index contributed by atoms with van der Waals surface area (Å²) in [6, 6.07) is 17.0. The highest BCUT2D eigenvalue weighted by molar-refractivity contribution is 5.20. The van der Waals surface area contributed by atoms with E-state index in [1.54, 1.807) is 0 Å². The van der Waals surface area contributed by atoms with Gasteiger partial charge in [0.05, 0.1) is 0 Å². The average Bonchev–Trinajstić information content (AvgIpc) is 2.55. The van der Waals surface area contributed by atoms with E-state index in [0.717, 1.165) is 18.7 Å². The second kappa shape index (κ2) is 7.91. The minimum absolute atomic E-state index is 0.344. The molecule has 0 fully saturated rings. The second-order valence-electron chi connectivity index (χ2n) is 5.55. The van der Waals surface area contributed by atoms with Crippen molar-refractivity contribution in [1.29, 1.82) is 0 Å². The Morgan fingerprint density at radius 1 is 1.10 bits per heavy atom. The lowest BCUT2D eigenvalue weighted by Gasteiger charge is -2.32. The van der Waals surface area contributed by atoms with Gasteiger partial charge in [-0.2, -0.15) is 0 Å². The van der Waals surface area contributed by atoms with Gasteiger partial charge in [0.15, 0.2) is 0 Å². The van der Waals surface area contributed by atoms with Crippen molar-refractivity contribution in [2.75, 3.05) is 20.1 Å². The molecule has 112 valence electrons. The first-order valence-corrected chi connectivity index (χ1v) is 7.57. The fourth-order valence-corrected chi connectivity index (χ4v) is 2.75. The molecule has 3 nitrogen and oxygen atoms in total. The van der Waals surface area contributed by atoms with Crippen LogP contribution in [0.3, 0.4) is 0 Å². The summed E-state index contributed by atoms with van der Waals surface area (Å²) >= 11 is 0. The Kier molecular flexibility index (Phi) is 5.90. The van der Waals surface area contributed by atoms with Crippen molar-refractivity contribution in [3.63, 3.8) is 0 Å². The predicted molar refractivity (Wildman–Crippen MR) is 88.3 cm³/mol. The van der Waals surface area contributed by atoms with E-state index in [-0.39, 0.29) is 0 Å². The van der Waals surface area contributed by atoms with Crippen molar-refractivity contribution >= 4 is 0 Å². The first-order chi connectivity index (χ1) is 10.2. The van der Waals surface area contributed by atoms with Gasteiger partial charge in [-0.3, -0.25) is 4.98 Å². The number of likely N-dealkylation sites (N-methyl/N-ethyl adjacent to an activating group) is 1. The van der Waals surface area contributed by atoms with Crippen LogP contribution < -0.4 is 5.73 Å². The molecule has 2 unspecified atom stereocenters. The molecule has 1 aromatic heterocycles. The summed E-state index contributed by atoms with van der Waals surface area (Å²) in [5.74, 6) is 0.421. The third-order valence-electron chi connectivity index (χ3n) is 4.16. The van der Waals surface area contributed by atoms with Gasteiger partial charge >= 0.3 is 0 Å². The number of rotatable bonds is 7. The highest BCUT2D eigenvalue weighted by atomic mass is 15.1. The van der Waals surface area contributed by atoms with Gasteiger partial charge < -0.3 is 10.6 Å². The van der Waals surface area contributed by atoms with Crippen molar-refractivity contribution in [2.45, 2.75) is 25.3 Å². The molecular weight excluding hydrogens is 258 g/mol. The molecule has 0 aliphatic rings. The number of nitrogens with two attached hydrogens (primary N) is 1. The van der Waals surface area contributed by atoms with Crippen LogP contribution in [0.25, 0.3) is 0 Å². The zero-order valence-electron chi connectivity index (χ0n) is 12.9. The Morgan fingerprint density at radius 3 is 2.43 bits per heavy atom. The molecule has 3 heteroatoms. The molecule has 2 rings (SSSR count). The van der Waals surface area contributed by atoms with Gasteiger partial charge in [-0.15, -0.1) is 0 Å². The molecular formula is C18H25N3. The van der Waals surface area contributed by atoms with Crippen LogP contribution in [0.15, 0.2) is 54.7 Å². The molecule has 0 aliphatic carbocycles. The fraction of sp³-hybridized carbons (Fsp3) is 0.389. The van der Waals surface area contributed by atoms with E-state index >= 15 is 0 Å². The molecule has 1 heterocycles. The molecule has 0 spiro atoms. The minimum Gasteiger partial charge on any atom is -0.329 e. The van der Waals surface area contributed by atoms with Crippen molar-refractivity contribution in [3.05, 3.63) is 66.0 Å². The molecule has 0 saturated carbocycles. The SMILES string of the molecule is CC(c1ccccc1)C(CN)N(C)CCc1ccccn1. The van der Waals surface area contributed by atoms with Crippen molar-refractivity contribution in [2.24, 2.45) is 5.73 Å². The zero-order valence-corrected chi connectivity index (χ0v) is 12.9. The van der Waals surface area contributed by atoms with Crippen LogP contribution in [0.2, 0.25) is 0 Å². The second-order valence-corrected chi connectivity index (χ2v) is 5.55. The number of benzene rings is 1. The van der Waals surface area contributed by atoms with Crippen LogP contribution in [0.4, 0.5) is 0 Å². The Hall–Kier alpha value is -1.71. The van der Waals surface area contributed by atoms with E-state index in [0.29, 0.717) is 18.5 Å². The highest BCUT2D eigenvalue weighted by Crippen LogP contribution is 2.21. The van der Waals surface area contributed by atoms with Crippen LogP contribution >= 0.6 is 0 Å². The predicted octanol–water partition coefficient (Wildman–Crippen LogP) is 2.69. The Balaban J connectivity index is 1.96. The topological polar surface area (TPSA) is 42.1 Å². The van der Waals surface area contributed by atoms with Crippen molar-refractivity contribution in [3.8, 4) is 0 Å². The summed E-state index contributed by atoms with van der Waals surface area (Å²) in [6.45, 7) is 3.88. The van der Waals surface area contributed by atoms with Crippen LogP contribution in [0.1, 0.15) is 24.1 Å². The van der Waals surface area contributed by atoms with Gasteiger partial charge in [0.2, 0.25) is 0 Å². The van der Waals surface area contributed by atoms with Crippen molar-refractivity contribution in [1.82, 2.24) is 9.88 Å². The van der Waals surface area contributed by atoms with E-state index in [2.05, 4.69) is 60.3 Å². The molecule has 0 amide bonds. The van der Waals surface area contributed by atoms with Gasteiger partial charge in [0.25, 0.3) is 0 Å². The molecule has 0 aliphatic heterocycles. The molecule has 2 atom stereocenters. The fourth-order valence-electron chi connectivity index (χ4n) is 2.75. The number of hydrogen-bond donors (Lipinski definition) is 1. The zero-order chi connectivity index (χ0) is 15.1. The number of nitrogens with zero attached hydrogens (tertiary/aromatic N) is 2. The lowest BCUT2D eigenvalue weighted by molar-refractivity contribution is 0.222. The van der Waals surface area contributed by atoms with E-state index < -0.39 is 0 Å². The largest absolute Gasteiger partial charge is 0.329 e. The van der Waals surface area contributed by atoms with E-state index in [4.69, 9.17) is 5.73 Å². The van der Waals surface area contributed by atoms with E-state index in [1.807, 2.05) is 18.3 Å². The van der Waals surface area contributed by atoms with Crippen LogP contribution in [-0.2, 0) is 6.42 Å². The maximum Gasteiger partial charge on any atom is 0.0416 e.